The summed E-state index contributed by atoms with van der Waals surface area (Å²) in [5.74, 6) is 0. The summed E-state index contributed by atoms with van der Waals surface area (Å²) in [7, 11) is 0. The van der Waals surface area contributed by atoms with Gasteiger partial charge in [0.25, 0.3) is 0 Å². The van der Waals surface area contributed by atoms with Gasteiger partial charge in [0.2, 0.25) is 0 Å². The molecule has 0 fully saturated rings. The second-order valence-corrected chi connectivity index (χ2v) is 2.58. The monoisotopic (exact) mass is 217 g/mol. The van der Waals surface area contributed by atoms with Crippen LogP contribution in [0.3, 0.4) is 0 Å². The summed E-state index contributed by atoms with van der Waals surface area (Å²) < 4.78 is 0.937. The van der Waals surface area contributed by atoms with Gasteiger partial charge in [0.05, 0.1) is 0 Å². The lowest BCUT2D eigenvalue weighted by Crippen LogP contribution is -1.87. The fraction of sp³-hybridized carbons (Fsp3) is 0.333. The van der Waals surface area contributed by atoms with E-state index in [2.05, 4.69) is 22.5 Å². The molecule has 0 aliphatic heterocycles. The highest BCUT2D eigenvalue weighted by atomic mass is 79.9. The lowest BCUT2D eigenvalue weighted by atomic mass is 10.4. The first-order valence-corrected chi connectivity index (χ1v) is 4.38. The Kier molecular flexibility index (Phi) is 11.3. The fourth-order valence-corrected chi connectivity index (χ4v) is 0.411. The zero-order chi connectivity index (χ0) is 9.28. The molecule has 0 saturated heterocycles. The Balaban J connectivity index is 0. The molecule has 0 aromatic heterocycles. The van der Waals surface area contributed by atoms with Crippen LogP contribution in [0, 0.1) is 0 Å². The highest BCUT2D eigenvalue weighted by Crippen LogP contribution is 2.04. The van der Waals surface area contributed by atoms with Gasteiger partial charge in [0.15, 0.2) is 0 Å². The average molecular weight is 218 g/mol. The molecule has 0 aromatic carbocycles. The number of halogens is 1. The summed E-state index contributed by atoms with van der Waals surface area (Å²) in [6.07, 6.45) is 5.37. The van der Waals surface area contributed by atoms with Crippen LogP contribution in [0.5, 0.6) is 0 Å². The second-order valence-electron chi connectivity index (χ2n) is 1.67. The molecule has 0 atom stereocenters. The smallest absolute Gasteiger partial charge is 0.0170 e. The van der Waals surface area contributed by atoms with Crippen molar-refractivity contribution in [3.63, 3.8) is 0 Å². The molecule has 11 heavy (non-hydrogen) atoms. The van der Waals surface area contributed by atoms with Gasteiger partial charge in [-0.25, -0.2) is 0 Å². The van der Waals surface area contributed by atoms with Gasteiger partial charge in [-0.1, -0.05) is 42.4 Å². The molecule has 2 heteroatoms. The maximum absolute atomic E-state index is 5.36. The molecule has 0 heterocycles. The van der Waals surface area contributed by atoms with Gasteiger partial charge in [0.1, 0.15) is 0 Å². The molecule has 0 amide bonds. The van der Waals surface area contributed by atoms with Crippen LogP contribution in [-0.2, 0) is 0 Å². The first kappa shape index (κ1) is 13.1. The molecule has 0 saturated carbocycles. The van der Waals surface area contributed by atoms with Crippen LogP contribution in [0.2, 0.25) is 0 Å². The van der Waals surface area contributed by atoms with Crippen molar-refractivity contribution in [2.24, 2.45) is 5.73 Å². The molecule has 0 bridgehead atoms. The minimum atomic E-state index is 0.786. The maximum Gasteiger partial charge on any atom is 0.0170 e. The van der Waals surface area contributed by atoms with Gasteiger partial charge in [0, 0.05) is 10.2 Å². The van der Waals surface area contributed by atoms with E-state index >= 15 is 0 Å². The highest BCUT2D eigenvalue weighted by molar-refractivity contribution is 9.11. The van der Waals surface area contributed by atoms with E-state index in [1.54, 1.807) is 6.08 Å². The van der Waals surface area contributed by atoms with E-state index in [9.17, 15) is 0 Å². The third kappa shape index (κ3) is 12.6. The number of hydrogen-bond donors (Lipinski definition) is 1. The summed E-state index contributed by atoms with van der Waals surface area (Å²) in [5.41, 5.74) is 6.14. The molecule has 0 aliphatic rings. The Labute approximate surface area is 77.8 Å². The van der Waals surface area contributed by atoms with E-state index in [4.69, 9.17) is 5.73 Å². The van der Waals surface area contributed by atoms with Crippen LogP contribution in [0.1, 0.15) is 20.8 Å². The van der Waals surface area contributed by atoms with Crippen molar-refractivity contribution in [2.75, 3.05) is 0 Å². The van der Waals surface area contributed by atoms with Gasteiger partial charge >= 0.3 is 0 Å². The molecular weight excluding hydrogens is 202 g/mol. The van der Waals surface area contributed by atoms with Crippen molar-refractivity contribution < 1.29 is 0 Å². The summed E-state index contributed by atoms with van der Waals surface area (Å²) in [6.45, 7) is 9.39. The Morgan fingerprint density at radius 3 is 2.09 bits per heavy atom. The van der Waals surface area contributed by atoms with Crippen molar-refractivity contribution in [1.82, 2.24) is 0 Å². The molecular formula is C9H16BrN. The van der Waals surface area contributed by atoms with Crippen molar-refractivity contribution in [1.29, 1.82) is 0 Å². The van der Waals surface area contributed by atoms with Crippen LogP contribution >= 0.6 is 15.9 Å². The zero-order valence-corrected chi connectivity index (χ0v) is 8.98. The lowest BCUT2D eigenvalue weighted by molar-refractivity contribution is 1.32. The van der Waals surface area contributed by atoms with E-state index < -0.39 is 0 Å². The van der Waals surface area contributed by atoms with Crippen molar-refractivity contribution in [3.05, 3.63) is 35.0 Å². The average Bonchev–Trinajstić information content (AvgIpc) is 2.04. The molecule has 1 nitrogen and oxygen atoms in total. The topological polar surface area (TPSA) is 26.0 Å². The Morgan fingerprint density at radius 2 is 1.82 bits per heavy atom. The minimum absolute atomic E-state index is 0.786. The van der Waals surface area contributed by atoms with E-state index in [1.165, 1.54) is 0 Å². The third-order valence-electron chi connectivity index (χ3n) is 0.700. The fourth-order valence-electron chi connectivity index (χ4n) is 0.279. The molecule has 64 valence electrons. The van der Waals surface area contributed by atoms with Crippen LogP contribution < -0.4 is 5.73 Å². The standard InChI is InChI=1S/C7H10BrN.C2H6/c1-3-7(8)5-4-6(2)9;1-2/h3-5H,1,9H2,2H3;1-2H3/b6-4+,7-5+;. The van der Waals surface area contributed by atoms with Crippen LogP contribution in [0.25, 0.3) is 0 Å². The van der Waals surface area contributed by atoms with E-state index in [0.29, 0.717) is 0 Å². The zero-order valence-electron chi connectivity index (χ0n) is 7.39. The number of hydrogen-bond acceptors (Lipinski definition) is 1. The summed E-state index contributed by atoms with van der Waals surface area (Å²) in [6, 6.07) is 0. The van der Waals surface area contributed by atoms with E-state index in [-0.39, 0.29) is 0 Å². The first-order chi connectivity index (χ1) is 5.16. The number of nitrogens with two attached hydrogens (primary N) is 1. The molecule has 0 rings (SSSR count). The first-order valence-electron chi connectivity index (χ1n) is 3.59. The lowest BCUT2D eigenvalue weighted by Gasteiger charge is -1.84. The molecule has 0 aromatic rings. The predicted octanol–water partition coefficient (Wildman–Crippen LogP) is 3.34. The summed E-state index contributed by atoms with van der Waals surface area (Å²) >= 11 is 3.25. The van der Waals surface area contributed by atoms with Crippen molar-refractivity contribution in [3.8, 4) is 0 Å². The molecule has 0 aliphatic carbocycles. The quantitative estimate of drug-likeness (QED) is 0.706. The third-order valence-corrected chi connectivity index (χ3v) is 1.29. The van der Waals surface area contributed by atoms with Crippen LogP contribution in [-0.4, -0.2) is 0 Å². The summed E-state index contributed by atoms with van der Waals surface area (Å²) in [4.78, 5) is 0. The number of allylic oxidation sites excluding steroid dienone is 5. The van der Waals surface area contributed by atoms with Crippen LogP contribution in [0.15, 0.2) is 35.0 Å². The second kappa shape index (κ2) is 9.50. The SMILES string of the molecule is C=C/C(Br)=C\C=C(/C)N.CC. The molecule has 0 unspecified atom stereocenters. The molecule has 0 spiro atoms. The van der Waals surface area contributed by atoms with Gasteiger partial charge in [-0.15, -0.1) is 0 Å². The normalized spacial score (nSPS) is 11.6. The maximum atomic E-state index is 5.36. The largest absolute Gasteiger partial charge is 0.402 e. The molecule has 2 N–H and O–H groups in total. The van der Waals surface area contributed by atoms with E-state index in [0.717, 1.165) is 10.2 Å². The van der Waals surface area contributed by atoms with Gasteiger partial charge in [-0.3, -0.25) is 0 Å². The minimum Gasteiger partial charge on any atom is -0.402 e. The Morgan fingerprint density at radius 1 is 1.36 bits per heavy atom. The van der Waals surface area contributed by atoms with Crippen molar-refractivity contribution in [2.45, 2.75) is 20.8 Å². The highest BCUT2D eigenvalue weighted by Gasteiger charge is 1.77. The number of rotatable bonds is 2. The summed E-state index contributed by atoms with van der Waals surface area (Å²) in [5, 5.41) is 0. The van der Waals surface area contributed by atoms with Crippen molar-refractivity contribution >= 4 is 15.9 Å². The van der Waals surface area contributed by atoms with Gasteiger partial charge < -0.3 is 5.73 Å². The molecule has 0 radical (unpaired) electrons. The predicted molar refractivity (Wildman–Crippen MR) is 56.5 cm³/mol. The Bertz CT molecular complexity index is 153. The Hall–Kier alpha value is -0.500. The van der Waals surface area contributed by atoms with Gasteiger partial charge in [-0.2, -0.15) is 0 Å². The van der Waals surface area contributed by atoms with Crippen LogP contribution in [0.4, 0.5) is 0 Å². The van der Waals surface area contributed by atoms with Gasteiger partial charge in [-0.05, 0) is 19.1 Å². The van der Waals surface area contributed by atoms with E-state index in [1.807, 2.05) is 32.9 Å².